The molecule has 2 amide bonds. The lowest BCUT2D eigenvalue weighted by molar-refractivity contribution is -0.125. The molecule has 0 saturated carbocycles. The van der Waals surface area contributed by atoms with Crippen molar-refractivity contribution in [3.8, 4) is 5.75 Å². The molecule has 8 heteroatoms. The fourth-order valence-electron chi connectivity index (χ4n) is 3.14. The van der Waals surface area contributed by atoms with Crippen molar-refractivity contribution in [2.24, 2.45) is 0 Å². The SMILES string of the molecule is COc1cccc(CCNC(=O)c2cnn(C3NC(=O)CC(C)N3)c2C)c1. The van der Waals surface area contributed by atoms with Crippen molar-refractivity contribution in [3.05, 3.63) is 47.3 Å². The smallest absolute Gasteiger partial charge is 0.254 e. The highest BCUT2D eigenvalue weighted by atomic mass is 16.5. The molecule has 8 nitrogen and oxygen atoms in total. The van der Waals surface area contributed by atoms with Gasteiger partial charge < -0.3 is 15.4 Å². The van der Waals surface area contributed by atoms with E-state index < -0.39 is 6.29 Å². The van der Waals surface area contributed by atoms with Crippen LogP contribution in [-0.2, 0) is 11.2 Å². The largest absolute Gasteiger partial charge is 0.497 e. The lowest BCUT2D eigenvalue weighted by Gasteiger charge is -2.30. The summed E-state index contributed by atoms with van der Waals surface area (Å²) in [6.07, 6.45) is 2.21. The fraction of sp³-hybridized carbons (Fsp3) is 0.421. The average Bonchev–Trinajstić information content (AvgIpc) is 3.02. The number of methoxy groups -OCH3 is 1. The number of amides is 2. The monoisotopic (exact) mass is 371 g/mol. The number of carbonyl (C=O) groups excluding carboxylic acids is 2. The van der Waals surface area contributed by atoms with Crippen LogP contribution in [0.25, 0.3) is 0 Å². The minimum Gasteiger partial charge on any atom is -0.497 e. The van der Waals surface area contributed by atoms with Crippen LogP contribution in [0.15, 0.2) is 30.5 Å². The van der Waals surface area contributed by atoms with Gasteiger partial charge in [0.1, 0.15) is 5.75 Å². The van der Waals surface area contributed by atoms with Crippen molar-refractivity contribution in [1.82, 2.24) is 25.7 Å². The molecule has 1 aromatic carbocycles. The second kappa shape index (κ2) is 8.22. The number of carbonyl (C=O) groups is 2. The second-order valence-electron chi connectivity index (χ2n) is 6.69. The van der Waals surface area contributed by atoms with Crippen LogP contribution < -0.4 is 20.7 Å². The van der Waals surface area contributed by atoms with Gasteiger partial charge >= 0.3 is 0 Å². The Morgan fingerprint density at radius 1 is 1.44 bits per heavy atom. The minimum absolute atomic E-state index is 0.0366. The summed E-state index contributed by atoms with van der Waals surface area (Å²) in [5.74, 6) is 0.578. The molecule has 3 N–H and O–H groups in total. The van der Waals surface area contributed by atoms with Gasteiger partial charge in [0.25, 0.3) is 5.91 Å². The highest BCUT2D eigenvalue weighted by molar-refractivity contribution is 5.95. The summed E-state index contributed by atoms with van der Waals surface area (Å²) in [5.41, 5.74) is 2.28. The zero-order chi connectivity index (χ0) is 19.4. The number of aromatic nitrogens is 2. The van der Waals surface area contributed by atoms with Crippen LogP contribution >= 0.6 is 0 Å². The van der Waals surface area contributed by atoms with Gasteiger partial charge in [0.15, 0.2) is 6.29 Å². The molecule has 1 aliphatic rings. The zero-order valence-electron chi connectivity index (χ0n) is 15.8. The molecule has 1 fully saturated rings. The maximum atomic E-state index is 12.5. The molecule has 27 heavy (non-hydrogen) atoms. The summed E-state index contributed by atoms with van der Waals surface area (Å²) < 4.78 is 6.84. The maximum absolute atomic E-state index is 12.5. The zero-order valence-corrected chi connectivity index (χ0v) is 15.8. The fourth-order valence-corrected chi connectivity index (χ4v) is 3.14. The molecule has 1 saturated heterocycles. The Hall–Kier alpha value is -2.87. The van der Waals surface area contributed by atoms with Gasteiger partial charge in [-0.2, -0.15) is 5.10 Å². The van der Waals surface area contributed by atoms with Crippen molar-refractivity contribution in [3.63, 3.8) is 0 Å². The van der Waals surface area contributed by atoms with Gasteiger partial charge in [0.05, 0.1) is 24.6 Å². The molecule has 2 atom stereocenters. The summed E-state index contributed by atoms with van der Waals surface area (Å²) in [4.78, 5) is 24.3. The van der Waals surface area contributed by atoms with Crippen molar-refractivity contribution >= 4 is 11.8 Å². The molecule has 0 aliphatic carbocycles. The molecule has 2 aromatic rings. The van der Waals surface area contributed by atoms with E-state index in [4.69, 9.17) is 4.74 Å². The first kappa shape index (κ1) is 18.9. The van der Waals surface area contributed by atoms with Gasteiger partial charge in [0, 0.05) is 19.0 Å². The first-order valence-electron chi connectivity index (χ1n) is 8.98. The Bertz CT molecular complexity index is 833. The number of nitrogens with zero attached hydrogens (tertiary/aromatic N) is 2. The minimum atomic E-state index is -0.445. The van der Waals surface area contributed by atoms with E-state index in [0.29, 0.717) is 30.6 Å². The van der Waals surface area contributed by atoms with Gasteiger partial charge in [-0.05, 0) is 38.0 Å². The second-order valence-corrected chi connectivity index (χ2v) is 6.69. The molecule has 144 valence electrons. The van der Waals surface area contributed by atoms with Gasteiger partial charge in [-0.1, -0.05) is 12.1 Å². The van der Waals surface area contributed by atoms with E-state index in [9.17, 15) is 9.59 Å². The van der Waals surface area contributed by atoms with Gasteiger partial charge in [-0.3, -0.25) is 14.9 Å². The Kier molecular flexibility index (Phi) is 5.75. The molecular weight excluding hydrogens is 346 g/mol. The van der Waals surface area contributed by atoms with Crippen molar-refractivity contribution in [2.45, 2.75) is 39.0 Å². The van der Waals surface area contributed by atoms with Crippen LogP contribution in [0.5, 0.6) is 5.75 Å². The Balaban J connectivity index is 1.60. The highest BCUT2D eigenvalue weighted by Crippen LogP contribution is 2.15. The lowest BCUT2D eigenvalue weighted by atomic mass is 10.1. The summed E-state index contributed by atoms with van der Waals surface area (Å²) >= 11 is 0. The van der Waals surface area contributed by atoms with Crippen LogP contribution in [0, 0.1) is 6.92 Å². The highest BCUT2D eigenvalue weighted by Gasteiger charge is 2.26. The molecule has 0 spiro atoms. The average molecular weight is 371 g/mol. The van der Waals surface area contributed by atoms with E-state index in [2.05, 4.69) is 21.0 Å². The van der Waals surface area contributed by atoms with Crippen LogP contribution in [0.3, 0.4) is 0 Å². The number of nitrogens with one attached hydrogen (secondary N) is 3. The summed E-state index contributed by atoms with van der Waals surface area (Å²) in [6.45, 7) is 4.26. The topological polar surface area (TPSA) is 97.3 Å². The van der Waals surface area contributed by atoms with Crippen molar-refractivity contribution in [1.29, 1.82) is 0 Å². The predicted octanol–water partition coefficient (Wildman–Crippen LogP) is 1.13. The van der Waals surface area contributed by atoms with Crippen molar-refractivity contribution in [2.75, 3.05) is 13.7 Å². The first-order valence-corrected chi connectivity index (χ1v) is 8.98. The molecule has 0 bridgehead atoms. The number of hydrogen-bond acceptors (Lipinski definition) is 5. The van der Waals surface area contributed by atoms with Crippen LogP contribution in [0.1, 0.15) is 41.2 Å². The first-order chi connectivity index (χ1) is 13.0. The van der Waals surface area contributed by atoms with E-state index in [-0.39, 0.29) is 17.9 Å². The van der Waals surface area contributed by atoms with Gasteiger partial charge in [-0.25, -0.2) is 4.68 Å². The maximum Gasteiger partial charge on any atom is 0.254 e. The van der Waals surface area contributed by atoms with Crippen LogP contribution in [-0.4, -0.2) is 41.3 Å². The molecule has 1 aromatic heterocycles. The lowest BCUT2D eigenvalue weighted by Crippen LogP contribution is -2.52. The summed E-state index contributed by atoms with van der Waals surface area (Å²) in [6, 6.07) is 7.81. The Labute approximate surface area is 158 Å². The number of hydrogen-bond donors (Lipinski definition) is 3. The third-order valence-electron chi connectivity index (χ3n) is 4.60. The molecule has 2 unspecified atom stereocenters. The molecule has 1 aliphatic heterocycles. The Morgan fingerprint density at radius 3 is 3.00 bits per heavy atom. The van der Waals surface area contributed by atoms with Gasteiger partial charge in [-0.15, -0.1) is 0 Å². The number of ether oxygens (including phenoxy) is 1. The number of rotatable bonds is 6. The van der Waals surface area contributed by atoms with Crippen LogP contribution in [0.4, 0.5) is 0 Å². The molecule has 0 radical (unpaired) electrons. The van der Waals surface area contributed by atoms with Crippen molar-refractivity contribution < 1.29 is 14.3 Å². The van der Waals surface area contributed by atoms with Crippen LogP contribution in [0.2, 0.25) is 0 Å². The van der Waals surface area contributed by atoms with E-state index in [1.165, 1.54) is 6.20 Å². The van der Waals surface area contributed by atoms with E-state index in [0.717, 1.165) is 11.3 Å². The quantitative estimate of drug-likeness (QED) is 0.707. The van der Waals surface area contributed by atoms with E-state index in [1.54, 1.807) is 11.8 Å². The molecule has 2 heterocycles. The van der Waals surface area contributed by atoms with Gasteiger partial charge in [0.2, 0.25) is 5.91 Å². The Morgan fingerprint density at radius 2 is 2.26 bits per heavy atom. The number of benzene rings is 1. The third-order valence-corrected chi connectivity index (χ3v) is 4.60. The summed E-state index contributed by atoms with van der Waals surface area (Å²) in [5, 5.41) is 13.3. The predicted molar refractivity (Wildman–Crippen MR) is 100 cm³/mol. The summed E-state index contributed by atoms with van der Waals surface area (Å²) in [7, 11) is 1.63. The normalized spacial score (nSPS) is 19.4. The molecular formula is C19H25N5O3. The third kappa shape index (κ3) is 4.46. The standard InChI is InChI=1S/C19H25N5O3/c1-12-9-17(25)23-19(22-12)24-13(2)16(11-21-24)18(26)20-8-7-14-5-4-6-15(10-14)27-3/h4-6,10-12,19,22H,7-9H2,1-3H3,(H,20,26)(H,23,25). The van der Waals surface area contributed by atoms with E-state index in [1.807, 2.05) is 38.1 Å². The molecule has 3 rings (SSSR count). The van der Waals surface area contributed by atoms with E-state index >= 15 is 0 Å².